The Hall–Kier alpha value is -1.26. The van der Waals surface area contributed by atoms with E-state index in [1.165, 1.54) is 24.3 Å². The SMILES string of the molecule is O=C(Cc1ccc(Cl)c(F)c1)c1ccc(Br)cc1F. The van der Waals surface area contributed by atoms with Crippen LogP contribution in [0.2, 0.25) is 5.02 Å². The number of hydrogen-bond acceptors (Lipinski definition) is 1. The molecular formula is C14H8BrClF2O. The zero-order valence-corrected chi connectivity index (χ0v) is 11.9. The minimum absolute atomic E-state index is 0.00831. The molecule has 0 saturated carbocycles. The summed E-state index contributed by atoms with van der Waals surface area (Å²) in [5, 5.41) is -0.00831. The third-order valence-electron chi connectivity index (χ3n) is 2.58. The summed E-state index contributed by atoms with van der Waals surface area (Å²) in [6.07, 6.45) is -0.0767. The second-order valence-electron chi connectivity index (χ2n) is 3.97. The first-order valence-corrected chi connectivity index (χ1v) is 6.56. The molecule has 5 heteroatoms. The second kappa shape index (κ2) is 5.80. The number of hydrogen-bond donors (Lipinski definition) is 0. The molecule has 0 bridgehead atoms. The van der Waals surface area contributed by atoms with Gasteiger partial charge in [0.15, 0.2) is 5.78 Å². The number of carbonyl (C=O) groups excluding carboxylic acids is 1. The molecule has 0 unspecified atom stereocenters. The van der Waals surface area contributed by atoms with E-state index in [2.05, 4.69) is 15.9 Å². The Kier molecular flexibility index (Phi) is 4.32. The first-order valence-electron chi connectivity index (χ1n) is 5.39. The number of halogens is 4. The van der Waals surface area contributed by atoms with E-state index in [1.807, 2.05) is 0 Å². The van der Waals surface area contributed by atoms with Crippen molar-refractivity contribution in [3.8, 4) is 0 Å². The van der Waals surface area contributed by atoms with Crippen molar-refractivity contribution in [1.29, 1.82) is 0 Å². The average Bonchev–Trinajstić information content (AvgIpc) is 2.33. The maximum absolute atomic E-state index is 13.6. The summed E-state index contributed by atoms with van der Waals surface area (Å²) in [5.74, 6) is -1.61. The van der Waals surface area contributed by atoms with E-state index in [1.54, 1.807) is 12.1 Å². The Morgan fingerprint density at radius 2 is 1.84 bits per heavy atom. The second-order valence-corrected chi connectivity index (χ2v) is 5.30. The topological polar surface area (TPSA) is 17.1 Å². The molecule has 0 spiro atoms. The Bertz CT molecular complexity index is 643. The summed E-state index contributed by atoms with van der Waals surface area (Å²) in [7, 11) is 0. The zero-order chi connectivity index (χ0) is 14.0. The summed E-state index contributed by atoms with van der Waals surface area (Å²) in [5.41, 5.74) is 0.438. The van der Waals surface area contributed by atoms with Crippen LogP contribution in [0, 0.1) is 11.6 Å². The van der Waals surface area contributed by atoms with Gasteiger partial charge in [-0.1, -0.05) is 33.6 Å². The molecule has 0 saturated heterocycles. The molecule has 0 heterocycles. The summed E-state index contributed by atoms with van der Waals surface area (Å²) >= 11 is 8.67. The Balaban J connectivity index is 2.23. The van der Waals surface area contributed by atoms with Crippen LogP contribution in [0.4, 0.5) is 8.78 Å². The number of ketones is 1. The van der Waals surface area contributed by atoms with E-state index in [9.17, 15) is 13.6 Å². The molecule has 0 N–H and O–H groups in total. The van der Waals surface area contributed by atoms with E-state index >= 15 is 0 Å². The van der Waals surface area contributed by atoms with Crippen molar-refractivity contribution in [2.24, 2.45) is 0 Å². The first-order chi connectivity index (χ1) is 8.97. The van der Waals surface area contributed by atoms with Crippen molar-refractivity contribution in [3.63, 3.8) is 0 Å². The normalized spacial score (nSPS) is 10.5. The van der Waals surface area contributed by atoms with Gasteiger partial charge in [-0.2, -0.15) is 0 Å². The zero-order valence-electron chi connectivity index (χ0n) is 9.59. The smallest absolute Gasteiger partial charge is 0.170 e. The fourth-order valence-corrected chi connectivity index (χ4v) is 2.10. The number of carbonyl (C=O) groups is 1. The fourth-order valence-electron chi connectivity index (χ4n) is 1.65. The molecule has 19 heavy (non-hydrogen) atoms. The van der Waals surface area contributed by atoms with Gasteiger partial charge >= 0.3 is 0 Å². The fraction of sp³-hybridized carbons (Fsp3) is 0.0714. The highest BCUT2D eigenvalue weighted by Gasteiger charge is 2.13. The van der Waals surface area contributed by atoms with E-state index in [0.29, 0.717) is 10.0 Å². The van der Waals surface area contributed by atoms with Crippen LogP contribution >= 0.6 is 27.5 Å². The van der Waals surface area contributed by atoms with Crippen LogP contribution in [0.5, 0.6) is 0 Å². The predicted molar refractivity (Wildman–Crippen MR) is 73.5 cm³/mol. The third-order valence-corrected chi connectivity index (χ3v) is 3.38. The minimum Gasteiger partial charge on any atom is -0.294 e. The highest BCUT2D eigenvalue weighted by atomic mass is 79.9. The molecule has 0 fully saturated rings. The summed E-state index contributed by atoms with van der Waals surface area (Å²) in [4.78, 5) is 11.9. The van der Waals surface area contributed by atoms with Gasteiger partial charge in [-0.05, 0) is 35.9 Å². The largest absolute Gasteiger partial charge is 0.294 e. The van der Waals surface area contributed by atoms with Crippen molar-refractivity contribution in [2.75, 3.05) is 0 Å². The van der Waals surface area contributed by atoms with Crippen molar-refractivity contribution in [3.05, 3.63) is 68.7 Å². The lowest BCUT2D eigenvalue weighted by molar-refractivity contribution is 0.0989. The summed E-state index contributed by atoms with van der Waals surface area (Å²) in [6.45, 7) is 0. The van der Waals surface area contributed by atoms with Gasteiger partial charge in [0.05, 0.1) is 10.6 Å². The molecule has 0 aliphatic carbocycles. The molecule has 0 aromatic heterocycles. The van der Waals surface area contributed by atoms with E-state index in [4.69, 9.17) is 11.6 Å². The van der Waals surface area contributed by atoms with Gasteiger partial charge in [0, 0.05) is 10.9 Å². The predicted octanol–water partition coefficient (Wildman–Crippen LogP) is 4.81. The molecule has 2 aromatic rings. The number of rotatable bonds is 3. The van der Waals surface area contributed by atoms with Gasteiger partial charge in [-0.15, -0.1) is 0 Å². The molecular weight excluding hydrogens is 338 g/mol. The van der Waals surface area contributed by atoms with Crippen LogP contribution in [0.25, 0.3) is 0 Å². The van der Waals surface area contributed by atoms with Gasteiger partial charge < -0.3 is 0 Å². The molecule has 0 aliphatic rings. The lowest BCUT2D eigenvalue weighted by Gasteiger charge is -2.04. The van der Waals surface area contributed by atoms with Crippen molar-refractivity contribution in [1.82, 2.24) is 0 Å². The number of Topliss-reactive ketones (excluding diaryl/α,β-unsaturated/α-hetero) is 1. The molecule has 2 aromatic carbocycles. The van der Waals surface area contributed by atoms with Crippen LogP contribution < -0.4 is 0 Å². The van der Waals surface area contributed by atoms with Crippen LogP contribution in [0.3, 0.4) is 0 Å². The Labute approximate surface area is 122 Å². The van der Waals surface area contributed by atoms with Gasteiger partial charge in [0.1, 0.15) is 11.6 Å². The standard InChI is InChI=1S/C14H8BrClF2O/c15-9-2-3-10(12(17)7-9)14(19)6-8-1-4-11(16)13(18)5-8/h1-5,7H,6H2. The van der Waals surface area contributed by atoms with Crippen LogP contribution in [0.1, 0.15) is 15.9 Å². The van der Waals surface area contributed by atoms with E-state index in [0.717, 1.165) is 0 Å². The Morgan fingerprint density at radius 1 is 1.11 bits per heavy atom. The van der Waals surface area contributed by atoms with Crippen molar-refractivity contribution >= 4 is 33.3 Å². The quantitative estimate of drug-likeness (QED) is 0.730. The van der Waals surface area contributed by atoms with Crippen molar-refractivity contribution < 1.29 is 13.6 Å². The maximum Gasteiger partial charge on any atom is 0.170 e. The maximum atomic E-state index is 13.6. The highest BCUT2D eigenvalue weighted by molar-refractivity contribution is 9.10. The van der Waals surface area contributed by atoms with Crippen LogP contribution in [-0.2, 0) is 6.42 Å². The summed E-state index contributed by atoms with van der Waals surface area (Å²) in [6, 6.07) is 8.29. The highest BCUT2D eigenvalue weighted by Crippen LogP contribution is 2.19. The molecule has 98 valence electrons. The molecule has 0 atom stereocenters. The lowest BCUT2D eigenvalue weighted by atomic mass is 10.0. The molecule has 0 radical (unpaired) electrons. The molecule has 1 nitrogen and oxygen atoms in total. The summed E-state index contributed by atoms with van der Waals surface area (Å²) < 4.78 is 27.4. The van der Waals surface area contributed by atoms with Crippen LogP contribution in [-0.4, -0.2) is 5.78 Å². The molecule has 0 amide bonds. The molecule has 2 rings (SSSR count). The van der Waals surface area contributed by atoms with Crippen LogP contribution in [0.15, 0.2) is 40.9 Å². The lowest BCUT2D eigenvalue weighted by Crippen LogP contribution is -2.06. The Morgan fingerprint density at radius 3 is 2.47 bits per heavy atom. The van der Waals surface area contributed by atoms with Gasteiger partial charge in [-0.3, -0.25) is 4.79 Å². The monoisotopic (exact) mass is 344 g/mol. The van der Waals surface area contributed by atoms with Crippen molar-refractivity contribution in [2.45, 2.75) is 6.42 Å². The first kappa shape index (κ1) is 14.2. The van der Waals surface area contributed by atoms with E-state index < -0.39 is 17.4 Å². The average molecular weight is 346 g/mol. The van der Waals surface area contributed by atoms with E-state index in [-0.39, 0.29) is 17.0 Å². The van der Waals surface area contributed by atoms with Gasteiger partial charge in [0.25, 0.3) is 0 Å². The third kappa shape index (κ3) is 3.39. The number of benzene rings is 2. The minimum atomic E-state index is -0.603. The molecule has 0 aliphatic heterocycles. The van der Waals surface area contributed by atoms with Gasteiger partial charge in [-0.25, -0.2) is 8.78 Å². The van der Waals surface area contributed by atoms with Gasteiger partial charge in [0.2, 0.25) is 0 Å².